The van der Waals surface area contributed by atoms with Crippen molar-refractivity contribution in [2.75, 3.05) is 0 Å². The Bertz CT molecular complexity index is 1780. The summed E-state index contributed by atoms with van der Waals surface area (Å²) in [5.74, 6) is -1.49. The van der Waals surface area contributed by atoms with Gasteiger partial charge in [-0.25, -0.2) is 0 Å². The van der Waals surface area contributed by atoms with Crippen molar-refractivity contribution >= 4 is 27.8 Å². The van der Waals surface area contributed by atoms with Crippen molar-refractivity contribution in [2.24, 2.45) is 0 Å². The number of rotatable bonds is 2. The molecule has 35 heavy (non-hydrogen) atoms. The van der Waals surface area contributed by atoms with Gasteiger partial charge in [0.2, 0.25) is 0 Å². The van der Waals surface area contributed by atoms with Gasteiger partial charge in [0.25, 0.3) is 5.56 Å². The standard InChI is InChI=1S/C27H17NO7/c29-15-7-5-13(6-8-15)21-11-19(30)25-20(31)12-22-24(26(25)35-21)16(10-23(32)34-22)17-9-14-3-1-2-4-18(14)28-27(17)33/h1-9,11-12,16,29,31H,10H2,(H,28,33). The Morgan fingerprint density at radius 3 is 2.49 bits per heavy atom. The Hall–Kier alpha value is -4.85. The van der Waals surface area contributed by atoms with Gasteiger partial charge in [-0.15, -0.1) is 0 Å². The number of phenolic OH excluding ortho intramolecular Hbond substituents is 2. The molecular weight excluding hydrogens is 450 g/mol. The third kappa shape index (κ3) is 3.34. The van der Waals surface area contributed by atoms with E-state index in [2.05, 4.69) is 4.98 Å². The van der Waals surface area contributed by atoms with Crippen LogP contribution in [-0.4, -0.2) is 21.2 Å². The molecule has 1 atom stereocenters. The molecule has 0 amide bonds. The summed E-state index contributed by atoms with van der Waals surface area (Å²) in [6.07, 6.45) is -0.151. The minimum Gasteiger partial charge on any atom is -0.508 e. The molecular formula is C27H17NO7. The summed E-state index contributed by atoms with van der Waals surface area (Å²) in [6, 6.07) is 17.5. The Morgan fingerprint density at radius 2 is 1.69 bits per heavy atom. The number of esters is 1. The highest BCUT2D eigenvalue weighted by Gasteiger charge is 2.35. The van der Waals surface area contributed by atoms with Gasteiger partial charge in [-0.05, 0) is 41.8 Å². The Kier molecular flexibility index (Phi) is 4.50. The number of para-hydroxylation sites is 1. The van der Waals surface area contributed by atoms with Crippen LogP contribution in [0.15, 0.2) is 80.7 Å². The van der Waals surface area contributed by atoms with Crippen molar-refractivity contribution in [2.45, 2.75) is 12.3 Å². The van der Waals surface area contributed by atoms with Crippen LogP contribution in [0.2, 0.25) is 0 Å². The number of nitrogens with one attached hydrogen (secondary N) is 1. The molecule has 0 saturated heterocycles. The number of phenols is 2. The van der Waals surface area contributed by atoms with Gasteiger partial charge in [0.1, 0.15) is 34.0 Å². The number of aromatic nitrogens is 1. The van der Waals surface area contributed by atoms with E-state index in [0.29, 0.717) is 22.2 Å². The van der Waals surface area contributed by atoms with E-state index in [4.69, 9.17) is 9.15 Å². The van der Waals surface area contributed by atoms with E-state index >= 15 is 0 Å². The molecule has 0 fully saturated rings. The number of hydrogen-bond donors (Lipinski definition) is 3. The van der Waals surface area contributed by atoms with Crippen LogP contribution < -0.4 is 15.7 Å². The van der Waals surface area contributed by atoms with Crippen molar-refractivity contribution in [1.82, 2.24) is 4.98 Å². The van der Waals surface area contributed by atoms with E-state index < -0.39 is 23.1 Å². The zero-order chi connectivity index (χ0) is 24.3. The molecule has 0 aliphatic carbocycles. The fraction of sp³-hybridized carbons (Fsp3) is 0.0741. The molecule has 3 heterocycles. The predicted octanol–water partition coefficient (Wildman–Crippen LogP) is 4.15. The van der Waals surface area contributed by atoms with Gasteiger partial charge in [-0.3, -0.25) is 14.4 Å². The van der Waals surface area contributed by atoms with Crippen molar-refractivity contribution in [3.63, 3.8) is 0 Å². The lowest BCUT2D eigenvalue weighted by molar-refractivity contribution is -0.135. The number of fused-ring (bicyclic) bond motifs is 4. The molecule has 8 nitrogen and oxygen atoms in total. The zero-order valence-corrected chi connectivity index (χ0v) is 18.1. The largest absolute Gasteiger partial charge is 0.508 e. The summed E-state index contributed by atoms with van der Waals surface area (Å²) in [5, 5.41) is 20.9. The fourth-order valence-electron chi connectivity index (χ4n) is 4.62. The number of benzene rings is 3. The molecule has 3 aromatic carbocycles. The molecule has 0 radical (unpaired) electrons. The van der Waals surface area contributed by atoms with Gasteiger partial charge in [0.15, 0.2) is 5.43 Å². The van der Waals surface area contributed by atoms with Gasteiger partial charge in [-0.2, -0.15) is 0 Å². The van der Waals surface area contributed by atoms with Crippen LogP contribution in [0.3, 0.4) is 0 Å². The normalized spacial score (nSPS) is 15.2. The lowest BCUT2D eigenvalue weighted by atomic mass is 9.85. The fourth-order valence-corrected chi connectivity index (χ4v) is 4.62. The van der Waals surface area contributed by atoms with E-state index in [1.807, 2.05) is 12.1 Å². The lowest BCUT2D eigenvalue weighted by Crippen LogP contribution is -2.26. The molecule has 0 spiro atoms. The van der Waals surface area contributed by atoms with E-state index in [9.17, 15) is 24.6 Å². The van der Waals surface area contributed by atoms with Crippen LogP contribution in [0, 0.1) is 0 Å². The highest BCUT2D eigenvalue weighted by Crippen LogP contribution is 2.45. The summed E-state index contributed by atoms with van der Waals surface area (Å²) < 4.78 is 11.5. The second-order valence-corrected chi connectivity index (χ2v) is 8.41. The number of aromatic amines is 1. The first-order valence-electron chi connectivity index (χ1n) is 10.8. The number of aromatic hydroxyl groups is 2. The monoisotopic (exact) mass is 467 g/mol. The van der Waals surface area contributed by atoms with Crippen molar-refractivity contribution in [3.8, 4) is 28.6 Å². The van der Waals surface area contributed by atoms with E-state index in [1.54, 1.807) is 30.3 Å². The second-order valence-electron chi connectivity index (χ2n) is 8.41. The van der Waals surface area contributed by atoms with Gasteiger partial charge < -0.3 is 24.4 Å². The molecule has 0 saturated carbocycles. The molecule has 1 aliphatic rings. The maximum atomic E-state index is 13.1. The van der Waals surface area contributed by atoms with Crippen LogP contribution in [0.5, 0.6) is 17.2 Å². The molecule has 172 valence electrons. The number of hydrogen-bond acceptors (Lipinski definition) is 7. The Morgan fingerprint density at radius 1 is 0.914 bits per heavy atom. The molecule has 3 N–H and O–H groups in total. The summed E-state index contributed by atoms with van der Waals surface area (Å²) in [4.78, 5) is 41.4. The highest BCUT2D eigenvalue weighted by atomic mass is 16.5. The Labute approximate surface area is 196 Å². The quantitative estimate of drug-likeness (QED) is 0.263. The van der Waals surface area contributed by atoms with Gasteiger partial charge in [0.05, 0.1) is 6.42 Å². The van der Waals surface area contributed by atoms with Crippen molar-refractivity contribution in [1.29, 1.82) is 0 Å². The molecule has 2 aromatic heterocycles. The first-order valence-corrected chi connectivity index (χ1v) is 10.8. The summed E-state index contributed by atoms with van der Waals surface area (Å²) >= 11 is 0. The smallest absolute Gasteiger partial charge is 0.312 e. The van der Waals surface area contributed by atoms with Gasteiger partial charge >= 0.3 is 5.97 Å². The van der Waals surface area contributed by atoms with Crippen LogP contribution in [0.25, 0.3) is 33.2 Å². The van der Waals surface area contributed by atoms with E-state index in [0.717, 1.165) is 5.39 Å². The van der Waals surface area contributed by atoms with Crippen molar-refractivity contribution < 1.29 is 24.2 Å². The third-order valence-electron chi connectivity index (χ3n) is 6.23. The number of carbonyl (C=O) groups excluding carboxylic acids is 1. The summed E-state index contributed by atoms with van der Waals surface area (Å²) in [7, 11) is 0. The van der Waals surface area contributed by atoms with Gasteiger partial charge in [0, 0.05) is 40.3 Å². The molecule has 8 heteroatoms. The second kappa shape index (κ2) is 7.59. The topological polar surface area (TPSA) is 130 Å². The average molecular weight is 467 g/mol. The highest BCUT2D eigenvalue weighted by molar-refractivity contribution is 5.93. The molecule has 1 aliphatic heterocycles. The van der Waals surface area contributed by atoms with Crippen LogP contribution in [0.1, 0.15) is 23.5 Å². The van der Waals surface area contributed by atoms with Crippen LogP contribution in [0.4, 0.5) is 0 Å². The maximum Gasteiger partial charge on any atom is 0.312 e. The number of H-pyrrole nitrogens is 1. The van der Waals surface area contributed by atoms with Crippen LogP contribution >= 0.6 is 0 Å². The lowest BCUT2D eigenvalue weighted by Gasteiger charge is -2.25. The SMILES string of the molecule is O=C1CC(c2cc3ccccc3[nH]c2=O)c2c(cc(O)c3c(=O)cc(-c4ccc(O)cc4)oc23)O1. The van der Waals surface area contributed by atoms with Crippen molar-refractivity contribution in [3.05, 3.63) is 98.4 Å². The zero-order valence-electron chi connectivity index (χ0n) is 18.1. The molecule has 6 rings (SSSR count). The Balaban J connectivity index is 1.66. The maximum absolute atomic E-state index is 13.1. The van der Waals surface area contributed by atoms with E-state index in [-0.39, 0.29) is 40.2 Å². The number of pyridine rings is 1. The average Bonchev–Trinajstić information content (AvgIpc) is 2.83. The molecule has 0 bridgehead atoms. The van der Waals surface area contributed by atoms with Gasteiger partial charge in [-0.1, -0.05) is 18.2 Å². The molecule has 1 unspecified atom stereocenters. The first-order chi connectivity index (χ1) is 16.9. The predicted molar refractivity (Wildman–Crippen MR) is 128 cm³/mol. The van der Waals surface area contributed by atoms with E-state index in [1.165, 1.54) is 24.3 Å². The number of carbonyl (C=O) groups is 1. The van der Waals surface area contributed by atoms with Crippen LogP contribution in [-0.2, 0) is 4.79 Å². The minimum absolute atomic E-state index is 0.0230. The number of ether oxygens (including phenoxy) is 1. The minimum atomic E-state index is -0.777. The third-order valence-corrected chi connectivity index (χ3v) is 6.23. The summed E-state index contributed by atoms with van der Waals surface area (Å²) in [6.45, 7) is 0. The first kappa shape index (κ1) is 20.7. The summed E-state index contributed by atoms with van der Waals surface area (Å²) in [5.41, 5.74) is 0.955. The molecule has 5 aromatic rings.